The van der Waals surface area contributed by atoms with Gasteiger partial charge in [-0.2, -0.15) is 0 Å². The Hall–Kier alpha value is -2.04. The molecule has 0 heterocycles. The molecule has 118 valence electrons. The minimum absolute atomic E-state index is 0.293. The van der Waals surface area contributed by atoms with Gasteiger partial charge in [-0.15, -0.1) is 0 Å². The van der Waals surface area contributed by atoms with Gasteiger partial charge in [0, 0.05) is 37.3 Å². The summed E-state index contributed by atoms with van der Waals surface area (Å²) in [5.41, 5.74) is 9.68. The molecular weight excluding hydrogens is 276 g/mol. The van der Waals surface area contributed by atoms with Crippen molar-refractivity contribution in [3.63, 3.8) is 0 Å². The molecule has 4 nitrogen and oxygen atoms in total. The van der Waals surface area contributed by atoms with Crippen molar-refractivity contribution in [2.24, 2.45) is 5.73 Å². The highest BCUT2D eigenvalue weighted by Crippen LogP contribution is 2.24. The lowest BCUT2D eigenvalue weighted by Crippen LogP contribution is -2.28. The van der Waals surface area contributed by atoms with Gasteiger partial charge in [-0.05, 0) is 26.0 Å². The van der Waals surface area contributed by atoms with Gasteiger partial charge in [-0.1, -0.05) is 35.4 Å². The molecule has 0 saturated carbocycles. The van der Waals surface area contributed by atoms with E-state index in [-0.39, 0.29) is 0 Å². The number of phenols is 2. The summed E-state index contributed by atoms with van der Waals surface area (Å²) in [6, 6.07) is 11.2. The van der Waals surface area contributed by atoms with E-state index < -0.39 is 0 Å². The van der Waals surface area contributed by atoms with Gasteiger partial charge in [0.05, 0.1) is 0 Å². The average molecular weight is 300 g/mol. The first-order valence-electron chi connectivity index (χ1n) is 7.49. The van der Waals surface area contributed by atoms with E-state index in [1.807, 2.05) is 38.1 Å². The number of hydrogen-bond donors (Lipinski definition) is 3. The van der Waals surface area contributed by atoms with Crippen LogP contribution in [0.2, 0.25) is 0 Å². The Balaban J connectivity index is 2.19. The lowest BCUT2D eigenvalue weighted by Gasteiger charge is -2.23. The summed E-state index contributed by atoms with van der Waals surface area (Å²) in [7, 11) is 0. The topological polar surface area (TPSA) is 69.7 Å². The molecule has 2 aromatic rings. The van der Waals surface area contributed by atoms with E-state index in [9.17, 15) is 10.2 Å². The van der Waals surface area contributed by atoms with E-state index in [1.54, 1.807) is 12.1 Å². The molecule has 0 fully saturated rings. The molecule has 0 unspecified atom stereocenters. The Morgan fingerprint density at radius 1 is 0.864 bits per heavy atom. The summed E-state index contributed by atoms with van der Waals surface area (Å²) in [5.74, 6) is 0.585. The molecule has 0 aromatic heterocycles. The van der Waals surface area contributed by atoms with E-state index in [1.165, 1.54) is 0 Å². The van der Waals surface area contributed by atoms with Crippen molar-refractivity contribution < 1.29 is 10.2 Å². The van der Waals surface area contributed by atoms with Gasteiger partial charge in [0.1, 0.15) is 11.5 Å². The molecular formula is C18H24N2O2. The van der Waals surface area contributed by atoms with Crippen molar-refractivity contribution in [2.45, 2.75) is 26.9 Å². The molecule has 0 amide bonds. The molecule has 0 aliphatic heterocycles. The Morgan fingerprint density at radius 2 is 1.32 bits per heavy atom. The maximum atomic E-state index is 10.0. The van der Waals surface area contributed by atoms with Crippen LogP contribution in [-0.2, 0) is 13.1 Å². The van der Waals surface area contributed by atoms with Crippen molar-refractivity contribution in [1.82, 2.24) is 4.90 Å². The third-order valence-electron chi connectivity index (χ3n) is 3.70. The summed E-state index contributed by atoms with van der Waals surface area (Å²) >= 11 is 0. The van der Waals surface area contributed by atoms with Crippen LogP contribution in [0.1, 0.15) is 22.3 Å². The zero-order chi connectivity index (χ0) is 16.1. The Labute approximate surface area is 131 Å². The van der Waals surface area contributed by atoms with Gasteiger partial charge in [0.2, 0.25) is 0 Å². The molecule has 0 bridgehead atoms. The van der Waals surface area contributed by atoms with E-state index in [0.29, 0.717) is 37.7 Å². The third kappa shape index (κ3) is 4.23. The Kier molecular flexibility index (Phi) is 5.41. The lowest BCUT2D eigenvalue weighted by atomic mass is 10.1. The second-order valence-electron chi connectivity index (χ2n) is 5.76. The first-order valence-corrected chi connectivity index (χ1v) is 7.49. The van der Waals surface area contributed by atoms with Crippen molar-refractivity contribution in [3.8, 4) is 11.5 Å². The maximum Gasteiger partial charge on any atom is 0.120 e. The summed E-state index contributed by atoms with van der Waals surface area (Å²) in [6.45, 7) is 6.42. The van der Waals surface area contributed by atoms with Gasteiger partial charge >= 0.3 is 0 Å². The van der Waals surface area contributed by atoms with Gasteiger partial charge in [-0.3, -0.25) is 4.90 Å². The lowest BCUT2D eigenvalue weighted by molar-refractivity contribution is 0.257. The molecule has 22 heavy (non-hydrogen) atoms. The van der Waals surface area contributed by atoms with Crippen LogP contribution in [0.3, 0.4) is 0 Å². The van der Waals surface area contributed by atoms with Crippen LogP contribution >= 0.6 is 0 Å². The second kappa shape index (κ2) is 7.29. The molecule has 4 heteroatoms. The van der Waals surface area contributed by atoms with Gasteiger partial charge in [0.25, 0.3) is 0 Å². The minimum atomic E-state index is 0.293. The van der Waals surface area contributed by atoms with Crippen molar-refractivity contribution in [3.05, 3.63) is 58.7 Å². The van der Waals surface area contributed by atoms with E-state index in [2.05, 4.69) is 4.90 Å². The fraction of sp³-hybridized carbons (Fsp3) is 0.333. The zero-order valence-corrected chi connectivity index (χ0v) is 13.2. The van der Waals surface area contributed by atoms with Crippen LogP contribution < -0.4 is 5.73 Å². The minimum Gasteiger partial charge on any atom is -0.508 e. The summed E-state index contributed by atoms with van der Waals surface area (Å²) in [4.78, 5) is 2.13. The highest BCUT2D eigenvalue weighted by Gasteiger charge is 2.12. The first kappa shape index (κ1) is 16.3. The maximum absolute atomic E-state index is 10.0. The molecule has 4 N–H and O–H groups in total. The number of benzene rings is 2. The number of rotatable bonds is 6. The molecule has 0 aliphatic rings. The number of nitrogens with two attached hydrogens (primary N) is 1. The fourth-order valence-electron chi connectivity index (χ4n) is 2.56. The van der Waals surface area contributed by atoms with Crippen LogP contribution in [0.15, 0.2) is 36.4 Å². The summed E-state index contributed by atoms with van der Waals surface area (Å²) in [6.07, 6.45) is 0. The first-order chi connectivity index (χ1) is 10.5. The number of aromatic hydroxyl groups is 2. The Morgan fingerprint density at radius 3 is 1.73 bits per heavy atom. The molecule has 0 spiro atoms. The van der Waals surface area contributed by atoms with Crippen LogP contribution in [0, 0.1) is 13.8 Å². The number of hydrogen-bond acceptors (Lipinski definition) is 4. The molecule has 0 aliphatic carbocycles. The largest absolute Gasteiger partial charge is 0.508 e. The molecule has 2 aromatic carbocycles. The molecule has 0 saturated heterocycles. The predicted octanol–water partition coefficient (Wildman–Crippen LogP) is 2.68. The van der Waals surface area contributed by atoms with Crippen LogP contribution in [0.25, 0.3) is 0 Å². The second-order valence-corrected chi connectivity index (χ2v) is 5.76. The number of phenolic OH excluding ortho intramolecular Hbond substituents is 2. The fourth-order valence-corrected chi connectivity index (χ4v) is 2.56. The molecule has 2 rings (SSSR count). The van der Waals surface area contributed by atoms with Crippen LogP contribution in [0.4, 0.5) is 0 Å². The standard InChI is InChI=1S/C18H24N2O2/c1-13-3-5-17(21)15(9-13)11-20(8-7-19)12-16-10-14(2)4-6-18(16)22/h3-6,9-10,21-22H,7-8,11-12,19H2,1-2H3. The van der Waals surface area contributed by atoms with Gasteiger partial charge < -0.3 is 15.9 Å². The normalized spacial score (nSPS) is 11.1. The monoisotopic (exact) mass is 300 g/mol. The Bertz CT molecular complexity index is 587. The summed E-state index contributed by atoms with van der Waals surface area (Å²) in [5, 5.41) is 20.0. The van der Waals surface area contributed by atoms with E-state index >= 15 is 0 Å². The molecule has 0 radical (unpaired) electrons. The van der Waals surface area contributed by atoms with Crippen molar-refractivity contribution >= 4 is 0 Å². The highest BCUT2D eigenvalue weighted by atomic mass is 16.3. The van der Waals surface area contributed by atoms with Crippen LogP contribution in [-0.4, -0.2) is 28.2 Å². The van der Waals surface area contributed by atoms with Crippen molar-refractivity contribution in [2.75, 3.05) is 13.1 Å². The number of nitrogens with zero attached hydrogens (tertiary/aromatic N) is 1. The van der Waals surface area contributed by atoms with E-state index in [0.717, 1.165) is 22.3 Å². The number of aryl methyl sites for hydroxylation is 2. The summed E-state index contributed by atoms with van der Waals surface area (Å²) < 4.78 is 0. The highest BCUT2D eigenvalue weighted by molar-refractivity contribution is 5.37. The third-order valence-corrected chi connectivity index (χ3v) is 3.70. The predicted molar refractivity (Wildman–Crippen MR) is 88.9 cm³/mol. The average Bonchev–Trinajstić information content (AvgIpc) is 2.47. The zero-order valence-electron chi connectivity index (χ0n) is 13.2. The van der Waals surface area contributed by atoms with Crippen LogP contribution in [0.5, 0.6) is 11.5 Å². The van der Waals surface area contributed by atoms with Gasteiger partial charge in [0.15, 0.2) is 0 Å². The van der Waals surface area contributed by atoms with Crippen molar-refractivity contribution in [1.29, 1.82) is 0 Å². The molecule has 0 atom stereocenters. The smallest absolute Gasteiger partial charge is 0.120 e. The van der Waals surface area contributed by atoms with E-state index in [4.69, 9.17) is 5.73 Å². The quantitative estimate of drug-likeness (QED) is 0.767. The SMILES string of the molecule is Cc1ccc(O)c(CN(CCN)Cc2cc(C)ccc2O)c1. The van der Waals surface area contributed by atoms with Gasteiger partial charge in [-0.25, -0.2) is 0 Å².